The van der Waals surface area contributed by atoms with Gasteiger partial charge in [0.25, 0.3) is 0 Å². The largest absolute Gasteiger partial charge is 0.308 e. The Kier molecular flexibility index (Phi) is 6.11. The lowest BCUT2D eigenvalue weighted by Gasteiger charge is -2.08. The molecule has 338 valence electrons. The first-order valence-electron chi connectivity index (χ1n) is 26.0. The summed E-state index contributed by atoms with van der Waals surface area (Å²) in [4.78, 5) is 0. The summed E-state index contributed by atoms with van der Waals surface area (Å²) >= 11 is 0. The van der Waals surface area contributed by atoms with E-state index < -0.39 is 0 Å². The topological polar surface area (TPSA) is 17.6 Å². The van der Waals surface area contributed by atoms with Crippen LogP contribution in [0.15, 0.2) is 194 Å². The third kappa shape index (κ3) is 4.00. The van der Waals surface area contributed by atoms with Gasteiger partial charge in [-0.1, -0.05) is 127 Å². The number of nitrogens with zero attached hydrogens (tertiary/aromatic N) is 4. The van der Waals surface area contributed by atoms with Gasteiger partial charge in [0.15, 0.2) is 0 Å². The van der Waals surface area contributed by atoms with Crippen LogP contribution in [0.2, 0.25) is 0 Å². The molecule has 0 atom stereocenters. The van der Waals surface area contributed by atoms with Gasteiger partial charge in [0.2, 0.25) is 0 Å². The van der Waals surface area contributed by atoms with Crippen LogP contribution in [-0.2, 0) is 0 Å². The third-order valence-electron chi connectivity index (χ3n) is 18.2. The number of aryl methyl sites for hydroxylation is 2. The fraction of sp³-hybridized carbons (Fsp3) is 0.0286. The molecule has 0 bridgehead atoms. The highest BCUT2D eigenvalue weighted by molar-refractivity contribution is 6.37. The van der Waals surface area contributed by atoms with Gasteiger partial charge in [-0.25, -0.2) is 0 Å². The molecule has 20 aromatic rings. The Morgan fingerprint density at radius 2 is 0.608 bits per heavy atom. The van der Waals surface area contributed by atoms with E-state index in [9.17, 15) is 0 Å². The minimum absolute atomic E-state index is 1.22. The molecule has 0 saturated heterocycles. The average molecular weight is 935 g/mol. The molecule has 0 amide bonds. The van der Waals surface area contributed by atoms with Crippen molar-refractivity contribution in [2.75, 3.05) is 0 Å². The molecule has 0 radical (unpaired) electrons. The summed E-state index contributed by atoms with van der Waals surface area (Å²) in [6, 6.07) is 74.6. The van der Waals surface area contributed by atoms with Crippen LogP contribution in [0.1, 0.15) is 11.1 Å². The number of para-hydroxylation sites is 3. The zero-order chi connectivity index (χ0) is 47.7. The fourth-order valence-electron chi connectivity index (χ4n) is 15.3. The first-order chi connectivity index (χ1) is 36.6. The van der Waals surface area contributed by atoms with Gasteiger partial charge in [0.1, 0.15) is 0 Å². The Morgan fingerprint density at radius 3 is 1.22 bits per heavy atom. The molecule has 0 aliphatic heterocycles. The molecule has 4 nitrogen and oxygen atoms in total. The van der Waals surface area contributed by atoms with Gasteiger partial charge in [-0.05, 0) is 124 Å². The Balaban J connectivity index is 0.885. The van der Waals surface area contributed by atoms with Gasteiger partial charge in [-0.15, -0.1) is 0 Å². The second kappa shape index (κ2) is 12.2. The van der Waals surface area contributed by atoms with Crippen LogP contribution in [0.3, 0.4) is 0 Å². The zero-order valence-electron chi connectivity index (χ0n) is 40.3. The smallest absolute Gasteiger partial charge is 0.0627 e. The summed E-state index contributed by atoms with van der Waals surface area (Å²) in [5.41, 5.74) is 20.4. The maximum absolute atomic E-state index is 2.59. The van der Waals surface area contributed by atoms with Crippen LogP contribution in [0, 0.1) is 13.8 Å². The lowest BCUT2D eigenvalue weighted by atomic mass is 9.95. The number of fused-ring (bicyclic) bond motifs is 28. The second-order valence-corrected chi connectivity index (χ2v) is 21.7. The van der Waals surface area contributed by atoms with Crippen LogP contribution < -0.4 is 0 Å². The van der Waals surface area contributed by atoms with Crippen molar-refractivity contribution in [1.29, 1.82) is 0 Å². The molecule has 0 fully saturated rings. The molecule has 8 aromatic heterocycles. The molecule has 4 heteroatoms. The first kappa shape index (κ1) is 37.2. The number of rotatable bonds is 1. The molecular weight excluding hydrogens is 897 g/mol. The molecule has 0 saturated carbocycles. The van der Waals surface area contributed by atoms with Gasteiger partial charge < -0.3 is 17.6 Å². The summed E-state index contributed by atoms with van der Waals surface area (Å²) < 4.78 is 10.3. The highest BCUT2D eigenvalue weighted by atomic mass is 14.9. The SMILES string of the molecule is Cc1ccc2c3cc4c(cc3n3c5ccccc5c1c23)c1ccc(C)c2c3ccc(-c5ccc6cc7c8ccccc8n8c9cc%10c%11c%12ccccc%12cc%12c%13ccccc%13n(c%10cc9c(c6c5)c78)c%12%11)cc3n4c12. The van der Waals surface area contributed by atoms with E-state index in [1.807, 2.05) is 0 Å². The molecule has 0 N–H and O–H groups in total. The maximum atomic E-state index is 2.59. The standard InChI is InChI=1S/C70H38N4/c1-35-19-24-44-49-32-60-50(31-59(49)73-57-18-10-7-15-46(57)63(35)67(44)73)45-25-20-36(2)64-47-26-23-38(30-58(47)74(60)68(45)64)37-21-22-40-29-52-43-14-6-9-17-56(43)72-62-33-53-61(34-54(62)66(70(52)72)48(40)27-37)71-55-16-8-5-13-42(55)51-28-39-11-3-4-12-41(39)65(53)69(51)71/h3-34H,1-2H3. The molecule has 0 unspecified atom stereocenters. The third-order valence-corrected chi connectivity index (χ3v) is 18.2. The van der Waals surface area contributed by atoms with Gasteiger partial charge >= 0.3 is 0 Å². The molecule has 0 aliphatic carbocycles. The lowest BCUT2D eigenvalue weighted by Crippen LogP contribution is -1.85. The zero-order valence-corrected chi connectivity index (χ0v) is 40.3. The van der Waals surface area contributed by atoms with Crippen molar-refractivity contribution < 1.29 is 0 Å². The van der Waals surface area contributed by atoms with Crippen LogP contribution in [0.5, 0.6) is 0 Å². The fourth-order valence-corrected chi connectivity index (χ4v) is 15.3. The molecule has 0 aliphatic rings. The molecular formula is C70H38N4. The number of benzene rings is 12. The highest BCUT2D eigenvalue weighted by Gasteiger charge is 2.27. The van der Waals surface area contributed by atoms with Crippen LogP contribution in [-0.4, -0.2) is 17.6 Å². The summed E-state index contributed by atoms with van der Waals surface area (Å²) in [7, 11) is 0. The normalized spacial score (nSPS) is 13.3. The number of aromatic nitrogens is 4. The van der Waals surface area contributed by atoms with Gasteiger partial charge in [0.05, 0.1) is 66.2 Å². The van der Waals surface area contributed by atoms with Gasteiger partial charge in [-0.2, -0.15) is 0 Å². The summed E-state index contributed by atoms with van der Waals surface area (Å²) in [6.07, 6.45) is 0. The summed E-state index contributed by atoms with van der Waals surface area (Å²) in [5, 5.41) is 26.2. The van der Waals surface area contributed by atoms with Crippen molar-refractivity contribution >= 4 is 174 Å². The van der Waals surface area contributed by atoms with Crippen molar-refractivity contribution in [3.63, 3.8) is 0 Å². The van der Waals surface area contributed by atoms with Crippen molar-refractivity contribution in [2.24, 2.45) is 0 Å². The summed E-state index contributed by atoms with van der Waals surface area (Å²) in [6.45, 7) is 4.54. The molecule has 74 heavy (non-hydrogen) atoms. The Bertz CT molecular complexity index is 5990. The van der Waals surface area contributed by atoms with E-state index in [-0.39, 0.29) is 0 Å². The average Bonchev–Trinajstić information content (AvgIpc) is 4.50. The Morgan fingerprint density at radius 1 is 0.216 bits per heavy atom. The van der Waals surface area contributed by atoms with Crippen LogP contribution in [0.4, 0.5) is 0 Å². The van der Waals surface area contributed by atoms with Crippen LogP contribution in [0.25, 0.3) is 185 Å². The Labute approximate surface area is 419 Å². The molecule has 0 spiro atoms. The van der Waals surface area contributed by atoms with Gasteiger partial charge in [-0.3, -0.25) is 0 Å². The summed E-state index contributed by atoms with van der Waals surface area (Å²) in [5.74, 6) is 0. The molecule has 8 heterocycles. The molecule has 12 aromatic carbocycles. The minimum Gasteiger partial charge on any atom is -0.308 e. The predicted molar refractivity (Wildman–Crippen MR) is 315 cm³/mol. The van der Waals surface area contributed by atoms with E-state index in [0.29, 0.717) is 0 Å². The van der Waals surface area contributed by atoms with E-state index in [0.717, 1.165) is 0 Å². The van der Waals surface area contributed by atoms with Crippen molar-refractivity contribution in [2.45, 2.75) is 13.8 Å². The monoisotopic (exact) mass is 934 g/mol. The maximum Gasteiger partial charge on any atom is 0.0627 e. The van der Waals surface area contributed by atoms with Gasteiger partial charge in [0, 0.05) is 86.2 Å². The van der Waals surface area contributed by atoms with Crippen LogP contribution >= 0.6 is 0 Å². The molecule has 20 rings (SSSR count). The van der Waals surface area contributed by atoms with Crippen molar-refractivity contribution in [1.82, 2.24) is 17.6 Å². The van der Waals surface area contributed by atoms with E-state index in [1.54, 1.807) is 0 Å². The van der Waals surface area contributed by atoms with Crippen molar-refractivity contribution in [3.8, 4) is 11.1 Å². The second-order valence-electron chi connectivity index (χ2n) is 21.7. The highest BCUT2D eigenvalue weighted by Crippen LogP contribution is 2.50. The van der Waals surface area contributed by atoms with E-state index >= 15 is 0 Å². The minimum atomic E-state index is 1.22. The van der Waals surface area contributed by atoms with Crippen molar-refractivity contribution in [3.05, 3.63) is 205 Å². The number of hydrogen-bond donors (Lipinski definition) is 0. The lowest BCUT2D eigenvalue weighted by molar-refractivity contribution is 1.36. The predicted octanol–water partition coefficient (Wildman–Crippen LogP) is 18.9. The van der Waals surface area contributed by atoms with E-state index in [2.05, 4.69) is 226 Å². The van der Waals surface area contributed by atoms with E-state index in [4.69, 9.17) is 0 Å². The van der Waals surface area contributed by atoms with E-state index in [1.165, 1.54) is 196 Å². The first-order valence-corrected chi connectivity index (χ1v) is 26.0. The number of hydrogen-bond acceptors (Lipinski definition) is 0. The quantitative estimate of drug-likeness (QED) is 0.156. The Hall–Kier alpha value is -9.64.